The maximum atomic E-state index is 7.33. The van der Waals surface area contributed by atoms with Crippen molar-refractivity contribution in [2.75, 3.05) is 0 Å². The second-order valence-electron chi connectivity index (χ2n) is 0.600. The van der Waals surface area contributed by atoms with Gasteiger partial charge in [-0.3, -0.25) is 0 Å². The van der Waals surface area contributed by atoms with E-state index in [1.54, 1.807) is 0 Å². The summed E-state index contributed by atoms with van der Waals surface area (Å²) in [5.41, 5.74) is 0. The normalized spacial score (nSPS) is 4.62. The molecule has 0 unspecified atom stereocenters. The second kappa shape index (κ2) is 37.0. The topological polar surface area (TPSA) is 80.9 Å². The zero-order chi connectivity index (χ0) is 4.50. The van der Waals surface area contributed by atoms with E-state index in [0.717, 1.165) is 0 Å². The Bertz CT molecular complexity index is 55.6. The van der Waals surface area contributed by atoms with E-state index in [1.165, 1.54) is 0 Å². The zero-order valence-corrected chi connectivity index (χ0v) is 16.4. The van der Waals surface area contributed by atoms with Gasteiger partial charge >= 0.3 is 145 Å². The van der Waals surface area contributed by atoms with E-state index in [0.29, 0.717) is 0 Å². The molecule has 13 heteroatoms. The molecular weight excluding hydrogens is 666 g/mol. The molecule has 0 spiro atoms. The second-order valence-corrected chi connectivity index (χ2v) is 1.80. The molecule has 62 valence electrons. The van der Waals surface area contributed by atoms with E-state index in [4.69, 9.17) is 19.2 Å². The van der Waals surface area contributed by atoms with E-state index < -0.39 is 9.05 Å². The minimum Gasteiger partial charge on any atom is 0 e. The number of hydrogen-bond donors (Lipinski definition) is 4. The molecule has 0 heterocycles. The van der Waals surface area contributed by atoms with Crippen LogP contribution in [0.25, 0.3) is 0 Å². The Kier molecular flexibility index (Phi) is 165. The van der Waals surface area contributed by atoms with Gasteiger partial charge in [-0.25, -0.2) is 0 Å². The minimum atomic E-state index is -4.61. The van der Waals surface area contributed by atoms with E-state index >= 15 is 0 Å². The zero-order valence-electron chi connectivity index (χ0n) is 4.45. The van der Waals surface area contributed by atoms with Gasteiger partial charge in [0.1, 0.15) is 0 Å². The van der Waals surface area contributed by atoms with Crippen LogP contribution in [-0.4, -0.2) is 164 Å². The van der Waals surface area contributed by atoms with Gasteiger partial charge in [-0.05, 0) is 0 Å². The molecule has 0 saturated carbocycles. The molecule has 0 rings (SSSR count). The molecule has 0 aliphatic heterocycles. The first-order valence-electron chi connectivity index (χ1n) is 0.894. The van der Waals surface area contributed by atoms with Crippen molar-refractivity contribution in [2.45, 2.75) is 0 Å². The van der Waals surface area contributed by atoms with Gasteiger partial charge in [-0.15, -0.1) is 0 Å². The Morgan fingerprint density at radius 2 is 0.923 bits per heavy atom. The Hall–Kier alpha value is 8.28. The van der Waals surface area contributed by atoms with E-state index in [-0.39, 0.29) is 250 Å². The molecule has 4 nitrogen and oxygen atoms in total. The minimum absolute atomic E-state index is 0. The third-order valence-electron chi connectivity index (χ3n) is 0. The van der Waals surface area contributed by atoms with Crippen molar-refractivity contribution in [1.29, 1.82) is 0 Å². The SMILES string of the molecule is O[Si](O)(O)O.[CaH2].[Ce].[La].[MgH2].[Mn].[NaH].[SrH2].[Zn]. The van der Waals surface area contributed by atoms with Gasteiger partial charge in [0.25, 0.3) is 0 Å². The Morgan fingerprint density at radius 3 is 0.923 bits per heavy atom. The van der Waals surface area contributed by atoms with Crippen LogP contribution in [0, 0.1) is 77.3 Å². The van der Waals surface area contributed by atoms with Gasteiger partial charge in [-0.2, -0.15) is 0 Å². The summed E-state index contributed by atoms with van der Waals surface area (Å²) in [6.07, 6.45) is 0. The fourth-order valence-electron chi connectivity index (χ4n) is 0. The van der Waals surface area contributed by atoms with Crippen LogP contribution in [0.2, 0.25) is 0 Å². The summed E-state index contributed by atoms with van der Waals surface area (Å²) in [5.74, 6) is 0. The Morgan fingerprint density at radius 1 is 0.923 bits per heavy atom. The van der Waals surface area contributed by atoms with Gasteiger partial charge in [0.15, 0.2) is 0 Å². The molecule has 0 aromatic rings. The predicted octanol–water partition coefficient (Wildman–Crippen LogP) is -6.01. The van der Waals surface area contributed by atoms with Crippen LogP contribution in [-0.2, 0) is 36.5 Å². The smallest absolute Gasteiger partial charge is 0 e. The fraction of sp³-hybridized carbons (Fsp3) is 0. The van der Waals surface area contributed by atoms with Crippen molar-refractivity contribution in [3.05, 3.63) is 0 Å². The fourth-order valence-corrected chi connectivity index (χ4v) is 0. The van der Waals surface area contributed by atoms with E-state index in [9.17, 15) is 0 Å². The monoisotopic (exact) mass is 676 g/mol. The van der Waals surface area contributed by atoms with Crippen LogP contribution in [0.1, 0.15) is 0 Å². The molecule has 2 radical (unpaired) electrons. The van der Waals surface area contributed by atoms with Gasteiger partial charge in [0, 0.05) is 114 Å². The summed E-state index contributed by atoms with van der Waals surface area (Å²) >= 11 is 0. The van der Waals surface area contributed by atoms with Crippen molar-refractivity contribution in [3.8, 4) is 0 Å². The first-order chi connectivity index (χ1) is 2.00. The van der Waals surface area contributed by atoms with Crippen LogP contribution in [0.5, 0.6) is 0 Å². The molecule has 0 aliphatic rings. The van der Waals surface area contributed by atoms with Crippen molar-refractivity contribution in [2.24, 2.45) is 0 Å². The van der Waals surface area contributed by atoms with Crippen molar-refractivity contribution in [3.63, 3.8) is 0 Å². The molecule has 0 aromatic heterocycles. The molecule has 0 saturated heterocycles. The first-order valence-corrected chi connectivity index (χ1v) is 2.68. The number of rotatable bonds is 0. The van der Waals surface area contributed by atoms with Gasteiger partial charge in [0.05, 0.1) is 0 Å². The summed E-state index contributed by atoms with van der Waals surface area (Å²) in [6, 6.07) is 0. The standard InChI is InChI=1S/Ca.Ce.La.Mg.Mn.Na.H4O4Si.Sr.Zn.7H/c;;;;;;1-5(2,3)4;;;;;;;;;/h;;;;;;1-4H;;;;;;;;;. The largest absolute Gasteiger partial charge is 0 e. The van der Waals surface area contributed by atoms with Crippen molar-refractivity contribution >= 4 is 145 Å². The van der Waals surface area contributed by atoms with Gasteiger partial charge < -0.3 is 19.2 Å². The summed E-state index contributed by atoms with van der Waals surface area (Å²) in [5, 5.41) is 0. The number of hydrogen-bond acceptors (Lipinski definition) is 4. The molecule has 13 heavy (non-hydrogen) atoms. The summed E-state index contributed by atoms with van der Waals surface area (Å²) < 4.78 is 0. The van der Waals surface area contributed by atoms with Crippen LogP contribution in [0.15, 0.2) is 0 Å². The molecule has 0 aliphatic carbocycles. The molecule has 0 atom stereocenters. The molecule has 0 fully saturated rings. The van der Waals surface area contributed by atoms with Gasteiger partial charge in [0.2, 0.25) is 0 Å². The Labute approximate surface area is 269 Å². The maximum absolute atomic E-state index is 7.33. The maximum Gasteiger partial charge on any atom is 0 e. The third-order valence-corrected chi connectivity index (χ3v) is 0. The third kappa shape index (κ3) is 98.9. The molecule has 0 bridgehead atoms. The predicted molar refractivity (Wildman–Crippen MR) is 47.4 cm³/mol. The Balaban J connectivity index is -0.00000000286. The van der Waals surface area contributed by atoms with Gasteiger partial charge in [-0.1, -0.05) is 0 Å². The summed E-state index contributed by atoms with van der Waals surface area (Å²) in [6.45, 7) is 0. The quantitative estimate of drug-likeness (QED) is 0.193. The van der Waals surface area contributed by atoms with Crippen molar-refractivity contribution < 1.29 is 133 Å². The molecular formula is H11CaCeLaMgMnNaO4SiSrZn. The first kappa shape index (κ1) is 58.0. The molecule has 4 N–H and O–H groups in total. The average Bonchev–Trinajstić information content (AvgIpc) is 0.722. The molecule has 0 aromatic carbocycles. The van der Waals surface area contributed by atoms with Crippen molar-refractivity contribution in [1.82, 2.24) is 0 Å². The summed E-state index contributed by atoms with van der Waals surface area (Å²) in [7, 11) is -4.61. The summed E-state index contributed by atoms with van der Waals surface area (Å²) in [4.78, 5) is 29.3. The van der Waals surface area contributed by atoms with Crippen LogP contribution < -0.4 is 0 Å². The van der Waals surface area contributed by atoms with E-state index in [1.807, 2.05) is 0 Å². The molecule has 0 amide bonds. The van der Waals surface area contributed by atoms with E-state index in [2.05, 4.69) is 0 Å². The van der Waals surface area contributed by atoms with Crippen LogP contribution >= 0.6 is 0 Å². The average molecular weight is 678 g/mol. The van der Waals surface area contributed by atoms with Crippen LogP contribution in [0.4, 0.5) is 0 Å². The van der Waals surface area contributed by atoms with Crippen LogP contribution in [0.3, 0.4) is 0 Å².